The molecule has 0 radical (unpaired) electrons. The van der Waals surface area contributed by atoms with Crippen LogP contribution in [0.3, 0.4) is 0 Å². The Morgan fingerprint density at radius 1 is 1.17 bits per heavy atom. The van der Waals surface area contributed by atoms with Crippen molar-refractivity contribution in [3.05, 3.63) is 30.1 Å². The molecule has 1 aromatic carbocycles. The maximum Gasteiger partial charge on any atom is 0.309 e. The van der Waals surface area contributed by atoms with Crippen LogP contribution in [0, 0.1) is 0 Å². The van der Waals surface area contributed by atoms with Crippen molar-refractivity contribution in [2.24, 2.45) is 0 Å². The van der Waals surface area contributed by atoms with Gasteiger partial charge in [-0.15, -0.1) is 0 Å². The molecule has 0 bridgehead atoms. The Hall–Kier alpha value is -3.16. The summed E-state index contributed by atoms with van der Waals surface area (Å²) in [5, 5.41) is 12.0. The van der Waals surface area contributed by atoms with Crippen LogP contribution < -0.4 is 14.2 Å². The fraction of sp³-hybridized carbons (Fsp3) is 0.250. The van der Waals surface area contributed by atoms with Crippen LogP contribution in [0.2, 0.25) is 0 Å². The van der Waals surface area contributed by atoms with Crippen LogP contribution in [0.1, 0.15) is 5.69 Å². The van der Waals surface area contributed by atoms with Gasteiger partial charge in [-0.2, -0.15) is 0 Å². The first-order valence-electron chi connectivity index (χ1n) is 7.15. The van der Waals surface area contributed by atoms with E-state index in [1.165, 1.54) is 0 Å². The summed E-state index contributed by atoms with van der Waals surface area (Å²) in [5.74, 6) is 0.695. The second-order valence-electron chi connectivity index (χ2n) is 5.11. The van der Waals surface area contributed by atoms with E-state index < -0.39 is 5.97 Å². The third kappa shape index (κ3) is 2.73. The first-order chi connectivity index (χ1) is 11.5. The van der Waals surface area contributed by atoms with Crippen molar-refractivity contribution in [2.45, 2.75) is 6.42 Å². The van der Waals surface area contributed by atoms with Gasteiger partial charge in [-0.05, 0) is 12.1 Å². The lowest BCUT2D eigenvalue weighted by molar-refractivity contribution is -0.136. The van der Waals surface area contributed by atoms with Crippen LogP contribution in [-0.4, -0.2) is 47.0 Å². The Labute approximate surface area is 137 Å². The van der Waals surface area contributed by atoms with Gasteiger partial charge in [0.1, 0.15) is 0 Å². The number of H-pyrrole nitrogens is 1. The third-order valence-electron chi connectivity index (χ3n) is 3.61. The molecule has 0 aliphatic heterocycles. The van der Waals surface area contributed by atoms with Gasteiger partial charge in [0.15, 0.2) is 17.1 Å². The average molecular weight is 331 g/mol. The summed E-state index contributed by atoms with van der Waals surface area (Å²) in [7, 11) is 4.66. The number of aromatic nitrogens is 3. The number of aromatic amines is 1. The predicted octanol–water partition coefficient (Wildman–Crippen LogP) is 1.98. The van der Waals surface area contributed by atoms with E-state index in [4.69, 9.17) is 19.3 Å². The summed E-state index contributed by atoms with van der Waals surface area (Å²) >= 11 is 0. The van der Waals surface area contributed by atoms with Gasteiger partial charge in [-0.3, -0.25) is 9.89 Å². The Balaban J connectivity index is 2.03. The van der Waals surface area contributed by atoms with Gasteiger partial charge in [-0.25, -0.2) is 9.50 Å². The van der Waals surface area contributed by atoms with Crippen molar-refractivity contribution in [3.63, 3.8) is 0 Å². The van der Waals surface area contributed by atoms with E-state index in [2.05, 4.69) is 10.1 Å². The number of carbonyl (C=O) groups is 1. The van der Waals surface area contributed by atoms with Crippen molar-refractivity contribution < 1.29 is 24.1 Å². The lowest BCUT2D eigenvalue weighted by atomic mass is 10.1. The van der Waals surface area contributed by atoms with Gasteiger partial charge in [0.25, 0.3) is 0 Å². The van der Waals surface area contributed by atoms with Crippen molar-refractivity contribution >= 4 is 11.6 Å². The zero-order chi connectivity index (χ0) is 17.3. The standard InChI is InChI=1S/C16H17N3O5/c1-22-12-4-9(5-13(23-2)16(12)24-3)11-7-14-17-10(6-15(20)21)8-19(14)18-11/h4-5,7-8,18H,6H2,1-3H3,(H,20,21). The summed E-state index contributed by atoms with van der Waals surface area (Å²) in [4.78, 5) is 15.0. The monoisotopic (exact) mass is 331 g/mol. The quantitative estimate of drug-likeness (QED) is 0.717. The summed E-state index contributed by atoms with van der Waals surface area (Å²) in [6.07, 6.45) is 1.54. The predicted molar refractivity (Wildman–Crippen MR) is 86.0 cm³/mol. The smallest absolute Gasteiger partial charge is 0.309 e. The van der Waals surface area contributed by atoms with Gasteiger partial charge in [0.2, 0.25) is 5.75 Å². The zero-order valence-corrected chi connectivity index (χ0v) is 13.5. The highest BCUT2D eigenvalue weighted by molar-refractivity contribution is 5.72. The van der Waals surface area contributed by atoms with E-state index in [0.717, 1.165) is 11.3 Å². The molecule has 0 atom stereocenters. The SMILES string of the molecule is COc1cc(-c2cc3nc(CC(=O)O)cn3[nH]2)cc(OC)c1OC. The number of hydrogen-bond donors (Lipinski definition) is 2. The normalized spacial score (nSPS) is 10.8. The molecule has 3 rings (SSSR count). The lowest BCUT2D eigenvalue weighted by Gasteiger charge is -2.13. The fourth-order valence-electron chi connectivity index (χ4n) is 2.55. The topological polar surface area (TPSA) is 98.1 Å². The molecule has 2 heterocycles. The highest BCUT2D eigenvalue weighted by Gasteiger charge is 2.16. The van der Waals surface area contributed by atoms with Crippen molar-refractivity contribution in [1.29, 1.82) is 0 Å². The molecule has 126 valence electrons. The zero-order valence-electron chi connectivity index (χ0n) is 13.5. The lowest BCUT2D eigenvalue weighted by Crippen LogP contribution is -2.00. The maximum atomic E-state index is 10.8. The van der Waals surface area contributed by atoms with E-state index in [1.54, 1.807) is 32.0 Å². The van der Waals surface area contributed by atoms with Crippen LogP contribution in [0.25, 0.3) is 16.9 Å². The molecular weight excluding hydrogens is 314 g/mol. The number of imidazole rings is 1. The number of nitrogens with zero attached hydrogens (tertiary/aromatic N) is 2. The Bertz CT molecular complexity index is 840. The molecule has 0 spiro atoms. The van der Waals surface area contributed by atoms with Gasteiger partial charge in [0, 0.05) is 11.6 Å². The molecule has 2 aromatic heterocycles. The van der Waals surface area contributed by atoms with Gasteiger partial charge >= 0.3 is 5.97 Å². The van der Waals surface area contributed by atoms with E-state index in [-0.39, 0.29) is 6.42 Å². The Morgan fingerprint density at radius 2 is 1.83 bits per heavy atom. The molecule has 8 heteroatoms. The molecule has 0 fully saturated rings. The van der Waals surface area contributed by atoms with E-state index >= 15 is 0 Å². The van der Waals surface area contributed by atoms with Crippen LogP contribution in [0.4, 0.5) is 0 Å². The van der Waals surface area contributed by atoms with Crippen molar-refractivity contribution in [3.8, 4) is 28.5 Å². The first kappa shape index (κ1) is 15.7. The second-order valence-corrected chi connectivity index (χ2v) is 5.11. The van der Waals surface area contributed by atoms with Crippen LogP contribution >= 0.6 is 0 Å². The Morgan fingerprint density at radius 3 is 2.33 bits per heavy atom. The molecule has 8 nitrogen and oxygen atoms in total. The number of fused-ring (bicyclic) bond motifs is 1. The molecule has 0 aliphatic rings. The Kier molecular flexibility index (Phi) is 4.03. The minimum Gasteiger partial charge on any atom is -0.493 e. The van der Waals surface area contributed by atoms with E-state index in [0.29, 0.717) is 28.6 Å². The van der Waals surface area contributed by atoms with Crippen LogP contribution in [0.5, 0.6) is 17.2 Å². The highest BCUT2D eigenvalue weighted by Crippen LogP contribution is 2.40. The average Bonchev–Trinajstić information content (AvgIpc) is 3.10. The molecule has 0 saturated heterocycles. The van der Waals surface area contributed by atoms with Crippen LogP contribution in [-0.2, 0) is 11.2 Å². The van der Waals surface area contributed by atoms with Crippen LogP contribution in [0.15, 0.2) is 24.4 Å². The molecule has 0 amide bonds. The molecular formula is C16H17N3O5. The number of hydrogen-bond acceptors (Lipinski definition) is 5. The molecule has 0 unspecified atom stereocenters. The number of carboxylic acids is 1. The van der Waals surface area contributed by atoms with Gasteiger partial charge < -0.3 is 19.3 Å². The number of benzene rings is 1. The highest BCUT2D eigenvalue weighted by atomic mass is 16.5. The summed E-state index contributed by atoms with van der Waals surface area (Å²) in [6, 6.07) is 5.47. The number of nitrogens with one attached hydrogen (secondary N) is 1. The number of aliphatic carboxylic acids is 1. The second kappa shape index (κ2) is 6.15. The summed E-state index contributed by atoms with van der Waals surface area (Å²) in [6.45, 7) is 0. The molecule has 0 aliphatic carbocycles. The van der Waals surface area contributed by atoms with Gasteiger partial charge in [-0.1, -0.05) is 0 Å². The molecule has 2 N–H and O–H groups in total. The maximum absolute atomic E-state index is 10.8. The number of ether oxygens (including phenoxy) is 3. The third-order valence-corrected chi connectivity index (χ3v) is 3.61. The largest absolute Gasteiger partial charge is 0.493 e. The number of carboxylic acid groups (broad SMARTS) is 1. The number of rotatable bonds is 6. The van der Waals surface area contributed by atoms with Crippen molar-refractivity contribution in [1.82, 2.24) is 14.6 Å². The minimum absolute atomic E-state index is 0.116. The number of methoxy groups -OCH3 is 3. The molecule has 3 aromatic rings. The van der Waals surface area contributed by atoms with E-state index in [9.17, 15) is 4.79 Å². The summed E-state index contributed by atoms with van der Waals surface area (Å²) in [5.41, 5.74) is 2.74. The summed E-state index contributed by atoms with van der Waals surface area (Å²) < 4.78 is 17.7. The fourth-order valence-corrected chi connectivity index (χ4v) is 2.55. The minimum atomic E-state index is -0.916. The van der Waals surface area contributed by atoms with Gasteiger partial charge in [0.05, 0.1) is 45.3 Å². The molecule has 24 heavy (non-hydrogen) atoms. The van der Waals surface area contributed by atoms with E-state index in [1.807, 2.05) is 18.2 Å². The molecule has 0 saturated carbocycles. The first-order valence-corrected chi connectivity index (χ1v) is 7.15. The van der Waals surface area contributed by atoms with Crippen molar-refractivity contribution in [2.75, 3.05) is 21.3 Å².